The third-order valence-electron chi connectivity index (χ3n) is 3.66. The Bertz CT molecular complexity index is 484. The molecule has 0 bridgehead atoms. The lowest BCUT2D eigenvalue weighted by Gasteiger charge is -2.19. The van der Waals surface area contributed by atoms with Crippen molar-refractivity contribution in [3.8, 4) is 0 Å². The lowest BCUT2D eigenvalue weighted by atomic mass is 10.0. The molecule has 0 saturated heterocycles. The molecule has 6 heteroatoms. The highest BCUT2D eigenvalue weighted by Gasteiger charge is 2.32. The van der Waals surface area contributed by atoms with E-state index in [0.29, 0.717) is 0 Å². The van der Waals surface area contributed by atoms with Crippen LogP contribution in [0.4, 0.5) is 0 Å². The highest BCUT2D eigenvalue weighted by atomic mass is 32.1. The van der Waals surface area contributed by atoms with Gasteiger partial charge in [0.25, 0.3) is 5.91 Å². The Hall–Kier alpha value is -1.56. The van der Waals surface area contributed by atoms with E-state index in [1.54, 1.807) is 0 Å². The Morgan fingerprint density at radius 2 is 2.42 bits per heavy atom. The number of amidine groups is 1. The third-order valence-corrected chi connectivity index (χ3v) is 4.62. The van der Waals surface area contributed by atoms with Gasteiger partial charge in [0, 0.05) is 12.0 Å². The minimum Gasteiger partial charge on any atom is -0.409 e. The van der Waals surface area contributed by atoms with Crippen molar-refractivity contribution in [1.82, 2.24) is 5.32 Å². The second-order valence-corrected chi connectivity index (χ2v) is 5.69. The number of thiophene rings is 1. The van der Waals surface area contributed by atoms with Gasteiger partial charge in [-0.3, -0.25) is 4.79 Å². The summed E-state index contributed by atoms with van der Waals surface area (Å²) in [6, 6.07) is 1.95. The molecule has 1 heterocycles. The molecular formula is C13H19N3O2S. The summed E-state index contributed by atoms with van der Waals surface area (Å²) in [5.41, 5.74) is 6.74. The van der Waals surface area contributed by atoms with Gasteiger partial charge < -0.3 is 16.3 Å². The smallest absolute Gasteiger partial charge is 0.261 e. The fraction of sp³-hybridized carbons (Fsp3) is 0.538. The summed E-state index contributed by atoms with van der Waals surface area (Å²) in [6.45, 7) is 2.04. The number of carbonyl (C=O) groups is 1. The second-order valence-electron chi connectivity index (χ2n) is 4.77. The number of nitrogens with zero attached hydrogens (tertiary/aromatic N) is 1. The zero-order valence-corrected chi connectivity index (χ0v) is 11.7. The summed E-state index contributed by atoms with van der Waals surface area (Å²) in [5.74, 6) is 0.109. The molecule has 0 aromatic carbocycles. The molecule has 2 rings (SSSR count). The number of rotatable bonds is 4. The van der Waals surface area contributed by atoms with Crippen molar-refractivity contribution in [3.05, 3.63) is 21.9 Å². The molecule has 1 fully saturated rings. The summed E-state index contributed by atoms with van der Waals surface area (Å²) in [4.78, 5) is 13.0. The maximum absolute atomic E-state index is 12.3. The van der Waals surface area contributed by atoms with Gasteiger partial charge in [0.05, 0.1) is 4.88 Å². The van der Waals surface area contributed by atoms with Gasteiger partial charge >= 0.3 is 0 Å². The Labute approximate surface area is 116 Å². The summed E-state index contributed by atoms with van der Waals surface area (Å²) >= 11 is 1.46. The van der Waals surface area contributed by atoms with Crippen LogP contribution in [-0.4, -0.2) is 23.0 Å². The topological polar surface area (TPSA) is 87.7 Å². The van der Waals surface area contributed by atoms with E-state index in [1.165, 1.54) is 11.3 Å². The van der Waals surface area contributed by atoms with E-state index in [9.17, 15) is 4.79 Å². The van der Waals surface area contributed by atoms with Crippen molar-refractivity contribution in [1.29, 1.82) is 0 Å². The first-order chi connectivity index (χ1) is 9.17. The number of carbonyl (C=O) groups excluding carboxylic acids is 1. The number of oxime groups is 1. The molecule has 4 N–H and O–H groups in total. The van der Waals surface area contributed by atoms with Gasteiger partial charge in [0.1, 0.15) is 5.84 Å². The molecule has 1 aromatic rings. The van der Waals surface area contributed by atoms with Crippen molar-refractivity contribution in [2.75, 3.05) is 0 Å². The van der Waals surface area contributed by atoms with Crippen LogP contribution in [0.15, 0.2) is 16.6 Å². The van der Waals surface area contributed by atoms with E-state index < -0.39 is 0 Å². The van der Waals surface area contributed by atoms with Crippen LogP contribution in [0.3, 0.4) is 0 Å². The Morgan fingerprint density at radius 1 is 1.63 bits per heavy atom. The average molecular weight is 281 g/mol. The Kier molecular flexibility index (Phi) is 4.42. The van der Waals surface area contributed by atoms with Crippen molar-refractivity contribution >= 4 is 23.1 Å². The summed E-state index contributed by atoms with van der Waals surface area (Å²) in [5, 5.41) is 16.8. The van der Waals surface area contributed by atoms with Gasteiger partial charge in [-0.05, 0) is 36.3 Å². The lowest BCUT2D eigenvalue weighted by Crippen LogP contribution is -2.42. The molecule has 1 aromatic heterocycles. The van der Waals surface area contributed by atoms with E-state index in [0.717, 1.165) is 36.1 Å². The van der Waals surface area contributed by atoms with Crippen LogP contribution in [0.5, 0.6) is 0 Å². The zero-order valence-electron chi connectivity index (χ0n) is 10.9. The molecule has 2 atom stereocenters. The van der Waals surface area contributed by atoms with Crippen molar-refractivity contribution < 1.29 is 10.0 Å². The number of amides is 1. The zero-order chi connectivity index (χ0) is 13.8. The minimum atomic E-state index is -0.0565. The van der Waals surface area contributed by atoms with Crippen LogP contribution < -0.4 is 11.1 Å². The molecule has 2 unspecified atom stereocenters. The Balaban J connectivity index is 2.06. The molecule has 0 aliphatic heterocycles. The molecule has 5 nitrogen and oxygen atoms in total. The molecule has 19 heavy (non-hydrogen) atoms. The van der Waals surface area contributed by atoms with Crippen LogP contribution in [-0.2, 0) is 6.42 Å². The number of hydrogen-bond acceptors (Lipinski definition) is 4. The maximum Gasteiger partial charge on any atom is 0.261 e. The van der Waals surface area contributed by atoms with Gasteiger partial charge in [0.15, 0.2) is 0 Å². The van der Waals surface area contributed by atoms with Gasteiger partial charge in [-0.2, -0.15) is 0 Å². The van der Waals surface area contributed by atoms with Gasteiger partial charge in [0.2, 0.25) is 0 Å². The fourth-order valence-electron chi connectivity index (χ4n) is 2.61. The fourth-order valence-corrected chi connectivity index (χ4v) is 3.51. The van der Waals surface area contributed by atoms with Crippen LogP contribution in [0.25, 0.3) is 0 Å². The molecule has 104 valence electrons. The first kappa shape index (κ1) is 13.9. The highest BCUT2D eigenvalue weighted by Crippen LogP contribution is 2.27. The standard InChI is InChI=1S/C13H19N3O2S/c1-2-8-6-7-19-11(8)13(17)15-10-5-3-4-9(10)12(14)16-18/h6-7,9-10,18H,2-5H2,1H3,(H2,14,16)(H,15,17). The predicted molar refractivity (Wildman–Crippen MR) is 75.7 cm³/mol. The predicted octanol–water partition coefficient (Wildman–Crippen LogP) is 1.96. The maximum atomic E-state index is 12.3. The molecule has 1 amide bonds. The van der Waals surface area contributed by atoms with Crippen LogP contribution >= 0.6 is 11.3 Å². The quantitative estimate of drug-likeness (QED) is 0.341. The van der Waals surface area contributed by atoms with E-state index in [1.807, 2.05) is 18.4 Å². The highest BCUT2D eigenvalue weighted by molar-refractivity contribution is 7.12. The van der Waals surface area contributed by atoms with E-state index >= 15 is 0 Å². The van der Waals surface area contributed by atoms with Gasteiger partial charge in [-0.1, -0.05) is 18.5 Å². The van der Waals surface area contributed by atoms with Crippen molar-refractivity contribution in [3.63, 3.8) is 0 Å². The van der Waals surface area contributed by atoms with E-state index in [-0.39, 0.29) is 23.7 Å². The summed E-state index contributed by atoms with van der Waals surface area (Å²) < 4.78 is 0. The molecular weight excluding hydrogens is 262 g/mol. The molecule has 1 saturated carbocycles. The SMILES string of the molecule is CCc1ccsc1C(=O)NC1CCCC1C(N)=NO. The summed E-state index contributed by atoms with van der Waals surface area (Å²) in [7, 11) is 0. The normalized spacial score (nSPS) is 23.5. The van der Waals surface area contributed by atoms with Crippen LogP contribution in [0, 0.1) is 5.92 Å². The molecule has 1 aliphatic carbocycles. The first-order valence-electron chi connectivity index (χ1n) is 6.52. The third kappa shape index (κ3) is 2.89. The second kappa shape index (κ2) is 6.06. The van der Waals surface area contributed by atoms with Crippen LogP contribution in [0.2, 0.25) is 0 Å². The lowest BCUT2D eigenvalue weighted by molar-refractivity contribution is 0.0936. The van der Waals surface area contributed by atoms with Crippen molar-refractivity contribution in [2.24, 2.45) is 16.8 Å². The van der Waals surface area contributed by atoms with Crippen molar-refractivity contribution in [2.45, 2.75) is 38.6 Å². The largest absolute Gasteiger partial charge is 0.409 e. The summed E-state index contributed by atoms with van der Waals surface area (Å²) in [6.07, 6.45) is 3.56. The number of nitrogens with one attached hydrogen (secondary N) is 1. The minimum absolute atomic E-state index is 0.0322. The molecule has 0 spiro atoms. The number of hydrogen-bond donors (Lipinski definition) is 3. The Morgan fingerprint density at radius 3 is 3.11 bits per heavy atom. The average Bonchev–Trinajstić information content (AvgIpc) is 3.05. The molecule has 1 aliphatic rings. The monoisotopic (exact) mass is 281 g/mol. The van der Waals surface area contributed by atoms with Gasteiger partial charge in [-0.15, -0.1) is 11.3 Å². The van der Waals surface area contributed by atoms with E-state index in [4.69, 9.17) is 10.9 Å². The number of aryl methyl sites for hydroxylation is 1. The number of nitrogens with two attached hydrogens (primary N) is 1. The van der Waals surface area contributed by atoms with Crippen LogP contribution in [0.1, 0.15) is 41.4 Å². The van der Waals surface area contributed by atoms with E-state index in [2.05, 4.69) is 10.5 Å². The molecule has 0 radical (unpaired) electrons. The first-order valence-corrected chi connectivity index (χ1v) is 7.40. The van der Waals surface area contributed by atoms with Gasteiger partial charge in [-0.25, -0.2) is 0 Å².